The van der Waals surface area contributed by atoms with Crippen LogP contribution in [-0.2, 0) is 14.8 Å². The number of hydrazone groups is 1. The van der Waals surface area contributed by atoms with Crippen LogP contribution in [-0.4, -0.2) is 32.0 Å². The highest BCUT2D eigenvalue weighted by molar-refractivity contribution is 7.92. The van der Waals surface area contributed by atoms with Gasteiger partial charge in [-0.1, -0.05) is 41.4 Å². The van der Waals surface area contributed by atoms with Gasteiger partial charge in [0.2, 0.25) is 0 Å². The first-order valence-electron chi connectivity index (χ1n) is 9.59. The normalized spacial score (nSPS) is 11.3. The lowest BCUT2D eigenvalue weighted by Crippen LogP contribution is -2.39. The summed E-state index contributed by atoms with van der Waals surface area (Å²) >= 11 is 5.87. The van der Waals surface area contributed by atoms with Crippen molar-refractivity contribution in [1.82, 2.24) is 5.43 Å². The van der Waals surface area contributed by atoms with E-state index in [1.165, 1.54) is 42.5 Å². The summed E-state index contributed by atoms with van der Waals surface area (Å²) in [6.45, 7) is 1.29. The van der Waals surface area contributed by atoms with Crippen LogP contribution in [0.15, 0.2) is 82.8 Å². The second-order valence-corrected chi connectivity index (χ2v) is 9.21. The van der Waals surface area contributed by atoms with Crippen molar-refractivity contribution in [2.75, 3.05) is 10.8 Å². The summed E-state index contributed by atoms with van der Waals surface area (Å²) in [4.78, 5) is 23.0. The molecule has 0 fully saturated rings. The summed E-state index contributed by atoms with van der Waals surface area (Å²) in [6, 6.07) is 18.1. The number of halogens is 1. The Balaban J connectivity index is 1.85. The molecule has 0 radical (unpaired) electrons. The minimum Gasteiger partial charge on any atom is -0.271 e. The fourth-order valence-electron chi connectivity index (χ4n) is 2.86. The van der Waals surface area contributed by atoms with Crippen LogP contribution in [0.4, 0.5) is 11.4 Å². The predicted molar refractivity (Wildman–Crippen MR) is 126 cm³/mol. The van der Waals surface area contributed by atoms with E-state index in [0.717, 1.165) is 16.1 Å². The van der Waals surface area contributed by atoms with Crippen molar-refractivity contribution < 1.29 is 18.1 Å². The number of rotatable bonds is 8. The molecule has 0 saturated heterocycles. The summed E-state index contributed by atoms with van der Waals surface area (Å²) in [7, 11) is -4.10. The van der Waals surface area contributed by atoms with E-state index in [2.05, 4.69) is 10.5 Å². The Morgan fingerprint density at radius 3 is 2.36 bits per heavy atom. The summed E-state index contributed by atoms with van der Waals surface area (Å²) in [6.07, 6.45) is 1.12. The number of amides is 1. The van der Waals surface area contributed by atoms with Gasteiger partial charge in [-0.05, 0) is 49.4 Å². The lowest BCUT2D eigenvalue weighted by Gasteiger charge is -2.23. The third-order valence-electron chi connectivity index (χ3n) is 4.54. The highest BCUT2D eigenvalue weighted by Crippen LogP contribution is 2.25. The highest BCUT2D eigenvalue weighted by Gasteiger charge is 2.27. The van der Waals surface area contributed by atoms with Crippen LogP contribution in [0.5, 0.6) is 0 Å². The van der Waals surface area contributed by atoms with E-state index in [0.29, 0.717) is 5.02 Å². The van der Waals surface area contributed by atoms with Gasteiger partial charge in [0.25, 0.3) is 21.6 Å². The summed E-state index contributed by atoms with van der Waals surface area (Å²) in [5, 5.41) is 15.2. The van der Waals surface area contributed by atoms with E-state index >= 15 is 0 Å². The van der Waals surface area contributed by atoms with Gasteiger partial charge in [0, 0.05) is 11.1 Å². The fraction of sp³-hybridized carbons (Fsp3) is 0.0909. The number of nitro benzene ring substituents is 1. The fourth-order valence-corrected chi connectivity index (χ4v) is 4.41. The molecule has 0 aliphatic heterocycles. The van der Waals surface area contributed by atoms with Gasteiger partial charge < -0.3 is 0 Å². The molecule has 0 unspecified atom stereocenters. The number of anilines is 1. The molecule has 0 spiro atoms. The standard InChI is InChI=1S/C22H19ClN4O5S/c1-16-6-10-19(11-7-16)26(33(31,32)20-12-8-18(23)9-13-20)15-22(28)25-24-14-17-4-2-3-5-21(17)27(29)30/h2-14H,15H2,1H3,(H,25,28)/b24-14-. The van der Waals surface area contributed by atoms with Crippen LogP contribution < -0.4 is 9.73 Å². The zero-order valence-corrected chi connectivity index (χ0v) is 19.0. The first kappa shape index (κ1) is 23.9. The number of hydrogen-bond acceptors (Lipinski definition) is 6. The molecule has 0 aliphatic carbocycles. The van der Waals surface area contributed by atoms with E-state index in [9.17, 15) is 23.3 Å². The van der Waals surface area contributed by atoms with Crippen molar-refractivity contribution in [3.63, 3.8) is 0 Å². The minimum atomic E-state index is -4.10. The summed E-state index contributed by atoms with van der Waals surface area (Å²) in [5.74, 6) is -0.733. The molecule has 170 valence electrons. The van der Waals surface area contributed by atoms with Crippen LogP contribution in [0.3, 0.4) is 0 Å². The van der Waals surface area contributed by atoms with Crippen molar-refractivity contribution in [3.8, 4) is 0 Å². The zero-order valence-electron chi connectivity index (χ0n) is 17.4. The second-order valence-electron chi connectivity index (χ2n) is 6.91. The van der Waals surface area contributed by atoms with E-state index in [-0.39, 0.29) is 21.8 Å². The first-order chi connectivity index (χ1) is 15.7. The number of nitrogens with zero attached hydrogens (tertiary/aromatic N) is 3. The third-order valence-corrected chi connectivity index (χ3v) is 6.58. The van der Waals surface area contributed by atoms with Gasteiger partial charge in [-0.3, -0.25) is 19.2 Å². The lowest BCUT2D eigenvalue weighted by atomic mass is 10.2. The molecule has 33 heavy (non-hydrogen) atoms. The number of aryl methyl sites for hydroxylation is 1. The maximum atomic E-state index is 13.3. The number of hydrogen-bond donors (Lipinski definition) is 1. The van der Waals surface area contributed by atoms with Gasteiger partial charge in [-0.25, -0.2) is 13.8 Å². The predicted octanol–water partition coefficient (Wildman–Crippen LogP) is 3.90. The van der Waals surface area contributed by atoms with E-state index in [4.69, 9.17) is 11.6 Å². The number of carbonyl (C=O) groups is 1. The molecule has 1 N–H and O–H groups in total. The lowest BCUT2D eigenvalue weighted by molar-refractivity contribution is -0.385. The van der Waals surface area contributed by atoms with Crippen molar-refractivity contribution in [1.29, 1.82) is 0 Å². The van der Waals surface area contributed by atoms with E-state index in [1.54, 1.807) is 30.3 Å². The molecule has 3 rings (SSSR count). The second kappa shape index (κ2) is 10.2. The Bertz CT molecular complexity index is 1290. The smallest absolute Gasteiger partial charge is 0.271 e. The number of para-hydroxylation sites is 1. The minimum absolute atomic E-state index is 0.0383. The first-order valence-corrected chi connectivity index (χ1v) is 11.4. The topological polar surface area (TPSA) is 122 Å². The number of nitro groups is 1. The largest absolute Gasteiger partial charge is 0.278 e. The summed E-state index contributed by atoms with van der Waals surface area (Å²) in [5.41, 5.74) is 3.43. The number of carbonyl (C=O) groups excluding carboxylic acids is 1. The SMILES string of the molecule is Cc1ccc(N(CC(=O)N/N=C\c2ccccc2[N+](=O)[O-])S(=O)(=O)c2ccc(Cl)cc2)cc1. The third kappa shape index (κ3) is 5.93. The van der Waals surface area contributed by atoms with Crippen LogP contribution >= 0.6 is 11.6 Å². The molecular weight excluding hydrogens is 468 g/mol. The molecule has 3 aromatic carbocycles. The Kier molecular flexibility index (Phi) is 7.41. The Morgan fingerprint density at radius 2 is 1.73 bits per heavy atom. The molecule has 0 aromatic heterocycles. The molecular formula is C22H19ClN4O5S. The Morgan fingerprint density at radius 1 is 1.09 bits per heavy atom. The maximum absolute atomic E-state index is 13.3. The molecule has 0 bridgehead atoms. The molecule has 11 heteroatoms. The van der Waals surface area contributed by atoms with Crippen LogP contribution in [0, 0.1) is 17.0 Å². The molecule has 9 nitrogen and oxygen atoms in total. The zero-order chi connectivity index (χ0) is 24.0. The molecule has 1 amide bonds. The van der Waals surface area contributed by atoms with Crippen molar-refractivity contribution >= 4 is 45.1 Å². The summed E-state index contributed by atoms with van der Waals surface area (Å²) < 4.78 is 27.5. The van der Waals surface area contributed by atoms with Gasteiger partial charge in [0.15, 0.2) is 0 Å². The highest BCUT2D eigenvalue weighted by atomic mass is 35.5. The van der Waals surface area contributed by atoms with E-state index < -0.39 is 27.4 Å². The average Bonchev–Trinajstić information content (AvgIpc) is 2.78. The quantitative estimate of drug-likeness (QED) is 0.294. The molecule has 0 atom stereocenters. The van der Waals surface area contributed by atoms with Gasteiger partial charge in [0.1, 0.15) is 6.54 Å². The van der Waals surface area contributed by atoms with Crippen molar-refractivity contribution in [3.05, 3.63) is 99.1 Å². The van der Waals surface area contributed by atoms with Crippen molar-refractivity contribution in [2.24, 2.45) is 5.10 Å². The number of benzene rings is 3. The van der Waals surface area contributed by atoms with Gasteiger partial charge in [-0.15, -0.1) is 0 Å². The Labute approximate surface area is 195 Å². The van der Waals surface area contributed by atoms with Crippen LogP contribution in [0.1, 0.15) is 11.1 Å². The Hall–Kier alpha value is -3.76. The van der Waals surface area contributed by atoms with Gasteiger partial charge in [-0.2, -0.15) is 5.10 Å². The monoisotopic (exact) mass is 486 g/mol. The number of sulfonamides is 1. The van der Waals surface area contributed by atoms with Gasteiger partial charge >= 0.3 is 0 Å². The molecule has 3 aromatic rings. The van der Waals surface area contributed by atoms with Crippen LogP contribution in [0.2, 0.25) is 5.02 Å². The van der Waals surface area contributed by atoms with E-state index in [1.807, 2.05) is 6.92 Å². The number of nitrogens with one attached hydrogen (secondary N) is 1. The molecule has 0 aliphatic rings. The molecule has 0 saturated carbocycles. The van der Waals surface area contributed by atoms with Crippen molar-refractivity contribution in [2.45, 2.75) is 11.8 Å². The van der Waals surface area contributed by atoms with Gasteiger partial charge in [0.05, 0.1) is 27.3 Å². The average molecular weight is 487 g/mol. The van der Waals surface area contributed by atoms with Crippen LogP contribution in [0.25, 0.3) is 0 Å². The molecule has 0 heterocycles. The maximum Gasteiger partial charge on any atom is 0.278 e.